The SMILES string of the molecule is CC1CCC(n2c(C3CC3)nc3c2CCNC3)C1. The van der Waals surface area contributed by atoms with Crippen molar-refractivity contribution in [3.63, 3.8) is 0 Å². The molecule has 4 rings (SSSR count). The first-order chi connectivity index (χ1) is 8.83. The van der Waals surface area contributed by atoms with E-state index in [-0.39, 0.29) is 0 Å². The molecule has 0 aromatic carbocycles. The largest absolute Gasteiger partial charge is 0.328 e. The van der Waals surface area contributed by atoms with Gasteiger partial charge < -0.3 is 9.88 Å². The lowest BCUT2D eigenvalue weighted by molar-refractivity contribution is 0.456. The third kappa shape index (κ3) is 1.71. The summed E-state index contributed by atoms with van der Waals surface area (Å²) in [5.74, 6) is 3.12. The highest BCUT2D eigenvalue weighted by Crippen LogP contribution is 2.44. The van der Waals surface area contributed by atoms with Gasteiger partial charge in [-0.3, -0.25) is 0 Å². The van der Waals surface area contributed by atoms with Crippen LogP contribution in [0.15, 0.2) is 0 Å². The Morgan fingerprint density at radius 3 is 2.83 bits per heavy atom. The van der Waals surface area contributed by atoms with Gasteiger partial charge in [0.2, 0.25) is 0 Å². The molecule has 18 heavy (non-hydrogen) atoms. The van der Waals surface area contributed by atoms with Crippen LogP contribution in [0.3, 0.4) is 0 Å². The van der Waals surface area contributed by atoms with Gasteiger partial charge in [0.1, 0.15) is 5.82 Å². The van der Waals surface area contributed by atoms with Gasteiger partial charge in [-0.05, 0) is 38.0 Å². The summed E-state index contributed by atoms with van der Waals surface area (Å²) in [4.78, 5) is 4.98. The van der Waals surface area contributed by atoms with E-state index >= 15 is 0 Å². The molecule has 3 aliphatic rings. The van der Waals surface area contributed by atoms with Crippen LogP contribution in [0.25, 0.3) is 0 Å². The third-order valence-electron chi connectivity index (χ3n) is 4.93. The molecule has 0 bridgehead atoms. The summed E-state index contributed by atoms with van der Waals surface area (Å²) < 4.78 is 2.68. The lowest BCUT2D eigenvalue weighted by atomic mass is 10.1. The topological polar surface area (TPSA) is 29.9 Å². The quantitative estimate of drug-likeness (QED) is 0.868. The molecule has 0 amide bonds. The standard InChI is InChI=1S/C15H23N3/c1-10-2-5-12(8-10)18-14-6-7-16-9-13(14)17-15(18)11-3-4-11/h10-12,16H,2-9H2,1H3. The fourth-order valence-corrected chi connectivity index (χ4v) is 3.80. The fourth-order valence-electron chi connectivity index (χ4n) is 3.80. The average Bonchev–Trinajstić information content (AvgIpc) is 3.03. The number of nitrogens with zero attached hydrogens (tertiary/aromatic N) is 2. The summed E-state index contributed by atoms with van der Waals surface area (Å²) in [6.45, 7) is 4.52. The molecule has 0 saturated heterocycles. The van der Waals surface area contributed by atoms with Crippen molar-refractivity contribution in [2.45, 2.75) is 64.0 Å². The minimum absolute atomic E-state index is 0.755. The summed E-state index contributed by atoms with van der Waals surface area (Å²) in [6.07, 6.45) is 8.06. The highest BCUT2D eigenvalue weighted by molar-refractivity contribution is 5.25. The number of fused-ring (bicyclic) bond motifs is 1. The highest BCUT2D eigenvalue weighted by atomic mass is 15.2. The first-order valence-electron chi connectivity index (χ1n) is 7.63. The summed E-state index contributed by atoms with van der Waals surface area (Å²) >= 11 is 0. The maximum absolute atomic E-state index is 4.98. The van der Waals surface area contributed by atoms with E-state index < -0.39 is 0 Å². The van der Waals surface area contributed by atoms with Gasteiger partial charge in [-0.2, -0.15) is 0 Å². The van der Waals surface area contributed by atoms with Crippen LogP contribution in [-0.4, -0.2) is 16.1 Å². The fraction of sp³-hybridized carbons (Fsp3) is 0.800. The first kappa shape index (κ1) is 11.0. The van der Waals surface area contributed by atoms with Gasteiger partial charge in [0.15, 0.2) is 0 Å². The van der Waals surface area contributed by atoms with Crippen molar-refractivity contribution >= 4 is 0 Å². The predicted molar refractivity (Wildman–Crippen MR) is 71.7 cm³/mol. The van der Waals surface area contributed by atoms with Crippen LogP contribution in [0.4, 0.5) is 0 Å². The molecular weight excluding hydrogens is 222 g/mol. The number of rotatable bonds is 2. The molecule has 1 N–H and O–H groups in total. The smallest absolute Gasteiger partial charge is 0.112 e. The first-order valence-corrected chi connectivity index (χ1v) is 7.63. The zero-order valence-electron chi connectivity index (χ0n) is 11.3. The van der Waals surface area contributed by atoms with Gasteiger partial charge >= 0.3 is 0 Å². The number of aromatic nitrogens is 2. The van der Waals surface area contributed by atoms with E-state index in [2.05, 4.69) is 16.8 Å². The van der Waals surface area contributed by atoms with Crippen molar-refractivity contribution in [1.29, 1.82) is 0 Å². The van der Waals surface area contributed by atoms with Crippen LogP contribution in [-0.2, 0) is 13.0 Å². The molecule has 98 valence electrons. The Kier molecular flexibility index (Phi) is 2.51. The molecule has 2 heterocycles. The van der Waals surface area contributed by atoms with E-state index in [1.165, 1.54) is 50.0 Å². The van der Waals surface area contributed by atoms with Gasteiger partial charge in [0, 0.05) is 37.2 Å². The molecule has 2 aliphatic carbocycles. The van der Waals surface area contributed by atoms with Crippen LogP contribution < -0.4 is 5.32 Å². The average molecular weight is 245 g/mol. The van der Waals surface area contributed by atoms with E-state index in [1.807, 2.05) is 0 Å². The van der Waals surface area contributed by atoms with Crippen molar-refractivity contribution in [2.24, 2.45) is 5.92 Å². The molecule has 2 saturated carbocycles. The number of hydrogen-bond donors (Lipinski definition) is 1. The lowest BCUT2D eigenvalue weighted by Gasteiger charge is -2.21. The Bertz CT molecular complexity index is 459. The molecule has 3 nitrogen and oxygen atoms in total. The van der Waals surface area contributed by atoms with E-state index in [9.17, 15) is 0 Å². The van der Waals surface area contributed by atoms with Crippen molar-refractivity contribution in [3.05, 3.63) is 17.2 Å². The molecular formula is C15H23N3. The van der Waals surface area contributed by atoms with Crippen LogP contribution >= 0.6 is 0 Å². The highest BCUT2D eigenvalue weighted by Gasteiger charge is 2.35. The summed E-state index contributed by atoms with van der Waals surface area (Å²) in [6, 6.07) is 0.755. The Morgan fingerprint density at radius 2 is 2.11 bits per heavy atom. The Morgan fingerprint density at radius 1 is 1.22 bits per heavy atom. The van der Waals surface area contributed by atoms with E-state index in [0.29, 0.717) is 0 Å². The van der Waals surface area contributed by atoms with Gasteiger partial charge in [0.05, 0.1) is 5.69 Å². The molecule has 1 aromatic rings. The number of nitrogens with one attached hydrogen (secondary N) is 1. The summed E-state index contributed by atoms with van der Waals surface area (Å²) in [5.41, 5.74) is 2.91. The second-order valence-corrected chi connectivity index (χ2v) is 6.51. The second-order valence-electron chi connectivity index (χ2n) is 6.51. The molecule has 0 radical (unpaired) electrons. The van der Waals surface area contributed by atoms with Gasteiger partial charge in [-0.25, -0.2) is 4.98 Å². The Balaban J connectivity index is 1.76. The van der Waals surface area contributed by atoms with E-state index in [0.717, 1.165) is 31.0 Å². The van der Waals surface area contributed by atoms with Crippen molar-refractivity contribution in [1.82, 2.24) is 14.9 Å². The van der Waals surface area contributed by atoms with Gasteiger partial charge in [-0.15, -0.1) is 0 Å². The second kappa shape index (κ2) is 4.09. The zero-order valence-corrected chi connectivity index (χ0v) is 11.3. The van der Waals surface area contributed by atoms with E-state index in [4.69, 9.17) is 4.98 Å². The molecule has 2 atom stereocenters. The molecule has 2 fully saturated rings. The van der Waals surface area contributed by atoms with Crippen LogP contribution in [0.5, 0.6) is 0 Å². The normalized spacial score (nSPS) is 31.6. The zero-order chi connectivity index (χ0) is 12.1. The Hall–Kier alpha value is -0.830. The lowest BCUT2D eigenvalue weighted by Crippen LogP contribution is -2.25. The maximum atomic E-state index is 4.98. The van der Waals surface area contributed by atoms with Crippen molar-refractivity contribution < 1.29 is 0 Å². The van der Waals surface area contributed by atoms with Crippen molar-refractivity contribution in [2.75, 3.05) is 6.54 Å². The predicted octanol–water partition coefficient (Wildman–Crippen LogP) is 2.77. The minimum Gasteiger partial charge on any atom is -0.328 e. The maximum Gasteiger partial charge on any atom is 0.112 e. The molecule has 0 spiro atoms. The van der Waals surface area contributed by atoms with Crippen LogP contribution in [0, 0.1) is 5.92 Å². The number of imidazole rings is 1. The van der Waals surface area contributed by atoms with Gasteiger partial charge in [-0.1, -0.05) is 6.92 Å². The third-order valence-corrected chi connectivity index (χ3v) is 4.93. The van der Waals surface area contributed by atoms with Gasteiger partial charge in [0.25, 0.3) is 0 Å². The van der Waals surface area contributed by atoms with Crippen molar-refractivity contribution in [3.8, 4) is 0 Å². The molecule has 1 aliphatic heterocycles. The molecule has 1 aromatic heterocycles. The number of hydrogen-bond acceptors (Lipinski definition) is 2. The molecule has 2 unspecified atom stereocenters. The van der Waals surface area contributed by atoms with E-state index in [1.54, 1.807) is 5.69 Å². The molecule has 3 heteroatoms. The summed E-state index contributed by atoms with van der Waals surface area (Å²) in [7, 11) is 0. The minimum atomic E-state index is 0.755. The van der Waals surface area contributed by atoms with Crippen LogP contribution in [0.2, 0.25) is 0 Å². The summed E-state index contributed by atoms with van der Waals surface area (Å²) in [5, 5.41) is 3.46. The monoisotopic (exact) mass is 245 g/mol. The van der Waals surface area contributed by atoms with Crippen LogP contribution in [0.1, 0.15) is 68.2 Å². The Labute approximate surface area is 109 Å².